The number of nitrogens with one attached hydrogen (secondary N) is 1. The van der Waals surface area contributed by atoms with Crippen molar-refractivity contribution >= 4 is 22.8 Å². The van der Waals surface area contributed by atoms with Gasteiger partial charge in [0.05, 0.1) is 10.6 Å². The minimum absolute atomic E-state index is 0.179. The van der Waals surface area contributed by atoms with E-state index in [0.717, 1.165) is 4.88 Å². The molecule has 3 N–H and O–H groups in total. The van der Waals surface area contributed by atoms with Gasteiger partial charge in [-0.05, 0) is 18.4 Å². The summed E-state index contributed by atoms with van der Waals surface area (Å²) in [7, 11) is 0. The Bertz CT molecular complexity index is 753. The van der Waals surface area contributed by atoms with E-state index in [9.17, 15) is 4.79 Å². The van der Waals surface area contributed by atoms with Crippen LogP contribution in [0.15, 0.2) is 22.3 Å². The molecular weight excluding hydrogens is 238 g/mol. The zero-order valence-electron chi connectivity index (χ0n) is 8.97. The molecule has 0 aliphatic rings. The van der Waals surface area contributed by atoms with Crippen LogP contribution in [0, 0.1) is 6.92 Å². The SMILES string of the molecule is Cc1cc(=O)n2[nH]c(-c3sccc3N)nc2n1. The number of aromatic nitrogens is 4. The fourth-order valence-electron chi connectivity index (χ4n) is 1.61. The summed E-state index contributed by atoms with van der Waals surface area (Å²) in [6.45, 7) is 1.76. The Kier molecular flexibility index (Phi) is 2.02. The van der Waals surface area contributed by atoms with Gasteiger partial charge in [-0.25, -0.2) is 4.98 Å². The summed E-state index contributed by atoms with van der Waals surface area (Å²) in [5.74, 6) is 0.922. The highest BCUT2D eigenvalue weighted by atomic mass is 32.1. The number of H-pyrrole nitrogens is 1. The molecule has 3 rings (SSSR count). The molecule has 7 heteroatoms. The number of rotatable bonds is 1. The monoisotopic (exact) mass is 247 g/mol. The topological polar surface area (TPSA) is 89.1 Å². The number of nitrogens with two attached hydrogens (primary N) is 1. The van der Waals surface area contributed by atoms with Gasteiger partial charge in [-0.2, -0.15) is 9.50 Å². The van der Waals surface area contributed by atoms with E-state index < -0.39 is 0 Å². The van der Waals surface area contributed by atoms with Crippen molar-refractivity contribution in [3.8, 4) is 10.7 Å². The summed E-state index contributed by atoms with van der Waals surface area (Å²) >= 11 is 1.47. The van der Waals surface area contributed by atoms with Gasteiger partial charge in [0.2, 0.25) is 0 Å². The molecule has 0 saturated carbocycles. The molecule has 0 aromatic carbocycles. The van der Waals surface area contributed by atoms with Gasteiger partial charge in [-0.3, -0.25) is 9.89 Å². The first-order valence-corrected chi connectivity index (χ1v) is 5.83. The van der Waals surface area contributed by atoms with E-state index in [2.05, 4.69) is 15.1 Å². The Balaban J connectivity index is 2.31. The summed E-state index contributed by atoms with van der Waals surface area (Å²) in [5, 5.41) is 4.77. The van der Waals surface area contributed by atoms with Crippen molar-refractivity contribution in [3.63, 3.8) is 0 Å². The fraction of sp³-hybridized carbons (Fsp3) is 0.100. The molecule has 86 valence electrons. The van der Waals surface area contributed by atoms with Crippen molar-refractivity contribution in [1.82, 2.24) is 19.6 Å². The number of hydrogen-bond donors (Lipinski definition) is 2. The average Bonchev–Trinajstić information content (AvgIpc) is 2.83. The van der Waals surface area contributed by atoms with Crippen LogP contribution in [0.3, 0.4) is 0 Å². The Hall–Kier alpha value is -2.15. The van der Waals surface area contributed by atoms with Crippen LogP contribution in [0.1, 0.15) is 5.69 Å². The second-order valence-electron chi connectivity index (χ2n) is 3.65. The van der Waals surface area contributed by atoms with Gasteiger partial charge in [0.25, 0.3) is 11.3 Å². The Morgan fingerprint density at radius 2 is 2.29 bits per heavy atom. The van der Waals surface area contributed by atoms with Crippen molar-refractivity contribution < 1.29 is 0 Å². The highest BCUT2D eigenvalue weighted by Crippen LogP contribution is 2.28. The smallest absolute Gasteiger partial charge is 0.274 e. The molecule has 0 spiro atoms. The lowest BCUT2D eigenvalue weighted by Crippen LogP contribution is -2.14. The van der Waals surface area contributed by atoms with Crippen LogP contribution in [0.25, 0.3) is 16.5 Å². The lowest BCUT2D eigenvalue weighted by atomic mass is 10.4. The van der Waals surface area contributed by atoms with Crippen LogP contribution in [-0.2, 0) is 0 Å². The number of aryl methyl sites for hydroxylation is 1. The predicted octanol–water partition coefficient (Wildman–Crippen LogP) is 1.04. The molecule has 3 aromatic heterocycles. The first-order chi connectivity index (χ1) is 8.15. The van der Waals surface area contributed by atoms with Crippen LogP contribution in [-0.4, -0.2) is 19.6 Å². The maximum absolute atomic E-state index is 11.7. The van der Waals surface area contributed by atoms with Gasteiger partial charge in [0, 0.05) is 11.8 Å². The van der Waals surface area contributed by atoms with Crippen LogP contribution in [0.2, 0.25) is 0 Å². The highest BCUT2D eigenvalue weighted by Gasteiger charge is 2.11. The third-order valence-corrected chi connectivity index (χ3v) is 3.31. The van der Waals surface area contributed by atoms with Gasteiger partial charge < -0.3 is 5.73 Å². The zero-order chi connectivity index (χ0) is 12.0. The molecule has 0 fully saturated rings. The molecule has 0 aliphatic carbocycles. The summed E-state index contributed by atoms with van der Waals surface area (Å²) in [6.07, 6.45) is 0. The molecule has 0 radical (unpaired) electrons. The highest BCUT2D eigenvalue weighted by molar-refractivity contribution is 7.14. The molecule has 0 aliphatic heterocycles. The molecule has 3 aromatic rings. The largest absolute Gasteiger partial charge is 0.397 e. The summed E-state index contributed by atoms with van der Waals surface area (Å²) < 4.78 is 1.31. The van der Waals surface area contributed by atoms with Gasteiger partial charge in [0.1, 0.15) is 0 Å². The van der Waals surface area contributed by atoms with Crippen molar-refractivity contribution in [3.05, 3.63) is 33.6 Å². The fourth-order valence-corrected chi connectivity index (χ4v) is 2.36. The molecule has 0 unspecified atom stereocenters. The zero-order valence-corrected chi connectivity index (χ0v) is 9.78. The number of nitrogens with zero attached hydrogens (tertiary/aromatic N) is 3. The molecule has 0 saturated heterocycles. The number of hydrogen-bond acceptors (Lipinski definition) is 5. The Labute approximate surface area is 99.7 Å². The van der Waals surface area contributed by atoms with E-state index in [-0.39, 0.29) is 5.56 Å². The summed E-state index contributed by atoms with van der Waals surface area (Å²) in [6, 6.07) is 3.25. The Morgan fingerprint density at radius 1 is 1.47 bits per heavy atom. The number of fused-ring (bicyclic) bond motifs is 1. The van der Waals surface area contributed by atoms with Gasteiger partial charge >= 0.3 is 0 Å². The lowest BCUT2D eigenvalue weighted by Gasteiger charge is -1.92. The normalized spacial score (nSPS) is 11.1. The van der Waals surface area contributed by atoms with Crippen molar-refractivity contribution in [2.24, 2.45) is 0 Å². The van der Waals surface area contributed by atoms with E-state index in [4.69, 9.17) is 5.73 Å². The van der Waals surface area contributed by atoms with Crippen molar-refractivity contribution in [2.75, 3.05) is 5.73 Å². The number of thiophene rings is 1. The molecule has 6 nitrogen and oxygen atoms in total. The van der Waals surface area contributed by atoms with Gasteiger partial charge in [-0.1, -0.05) is 0 Å². The third kappa shape index (κ3) is 1.51. The van der Waals surface area contributed by atoms with Crippen molar-refractivity contribution in [1.29, 1.82) is 0 Å². The lowest BCUT2D eigenvalue weighted by molar-refractivity contribution is 0.893. The maximum Gasteiger partial charge on any atom is 0.274 e. The standard InChI is InChI=1S/C10H9N5OS/c1-5-4-7(16)15-10(12-5)13-9(14-15)8-6(11)2-3-17-8/h2-4H,11H2,1H3,(H,12,13,14). The number of anilines is 1. The van der Waals surface area contributed by atoms with E-state index >= 15 is 0 Å². The van der Waals surface area contributed by atoms with Gasteiger partial charge in [0.15, 0.2) is 5.82 Å². The second kappa shape index (κ2) is 3.42. The van der Waals surface area contributed by atoms with Crippen LogP contribution >= 0.6 is 11.3 Å². The quantitative estimate of drug-likeness (QED) is 0.672. The van der Waals surface area contributed by atoms with Gasteiger partial charge in [-0.15, -0.1) is 11.3 Å². The van der Waals surface area contributed by atoms with E-state index in [1.54, 1.807) is 13.0 Å². The number of aromatic amines is 1. The minimum atomic E-state index is -0.179. The van der Waals surface area contributed by atoms with Crippen LogP contribution in [0.4, 0.5) is 5.69 Å². The van der Waals surface area contributed by atoms with Crippen LogP contribution < -0.4 is 11.3 Å². The first-order valence-electron chi connectivity index (χ1n) is 4.95. The first kappa shape index (κ1) is 10.0. The second-order valence-corrected chi connectivity index (χ2v) is 4.56. The maximum atomic E-state index is 11.7. The Morgan fingerprint density at radius 3 is 3.00 bits per heavy atom. The predicted molar refractivity (Wildman–Crippen MR) is 66.1 cm³/mol. The molecule has 0 atom stereocenters. The molecular formula is C10H9N5OS. The molecule has 0 amide bonds. The minimum Gasteiger partial charge on any atom is -0.397 e. The van der Waals surface area contributed by atoms with E-state index in [1.165, 1.54) is 21.9 Å². The van der Waals surface area contributed by atoms with E-state index in [1.807, 2.05) is 5.38 Å². The third-order valence-electron chi connectivity index (χ3n) is 2.37. The van der Waals surface area contributed by atoms with Crippen LogP contribution in [0.5, 0.6) is 0 Å². The molecule has 0 bridgehead atoms. The van der Waals surface area contributed by atoms with Crippen molar-refractivity contribution in [2.45, 2.75) is 6.92 Å². The van der Waals surface area contributed by atoms with E-state index in [0.29, 0.717) is 23.0 Å². The average molecular weight is 247 g/mol. The molecule has 17 heavy (non-hydrogen) atoms. The number of nitrogen functional groups attached to an aromatic ring is 1. The summed E-state index contributed by atoms with van der Waals surface area (Å²) in [5.41, 5.74) is 6.91. The molecule has 3 heterocycles. The summed E-state index contributed by atoms with van der Waals surface area (Å²) in [4.78, 5) is 20.9.